The quantitative estimate of drug-likeness (QED) is 0.751. The molecule has 1 aromatic rings. The van der Waals surface area contributed by atoms with Crippen LogP contribution in [-0.2, 0) is 0 Å². The molecular weight excluding hydrogens is 212 g/mol. The molecule has 1 saturated heterocycles. The third kappa shape index (κ3) is 2.65. The number of aldehydes is 1. The lowest BCUT2D eigenvalue weighted by Crippen LogP contribution is -2.36. The van der Waals surface area contributed by atoms with Crippen LogP contribution in [0.1, 0.15) is 42.1 Å². The summed E-state index contributed by atoms with van der Waals surface area (Å²) in [6, 6.07) is 1.92. The molecule has 2 rings (SSSR count). The molecule has 1 fully saturated rings. The summed E-state index contributed by atoms with van der Waals surface area (Å²) in [5.41, 5.74) is 1.77. The molecule has 0 spiro atoms. The van der Waals surface area contributed by atoms with Gasteiger partial charge in [-0.3, -0.25) is 4.79 Å². The van der Waals surface area contributed by atoms with E-state index in [2.05, 4.69) is 16.8 Å². The lowest BCUT2D eigenvalue weighted by Gasteiger charge is -2.34. The number of piperidine rings is 1. The van der Waals surface area contributed by atoms with Gasteiger partial charge in [0.2, 0.25) is 0 Å². The highest BCUT2D eigenvalue weighted by Crippen LogP contribution is 2.25. The minimum Gasteiger partial charge on any atom is -0.356 e. The molecule has 1 atom stereocenters. The van der Waals surface area contributed by atoms with Gasteiger partial charge in [0.05, 0.1) is 0 Å². The molecule has 0 aromatic carbocycles. The zero-order chi connectivity index (χ0) is 12.3. The summed E-state index contributed by atoms with van der Waals surface area (Å²) in [5.74, 6) is 1.84. The lowest BCUT2D eigenvalue weighted by molar-refractivity contribution is 0.112. The number of carbonyl (C=O) groups is 1. The standard InChI is InChI=1S/C14H20N2O/c1-3-12-5-4-6-16(9-12)14-11(2)7-13(10-17)8-15-14/h7-8,10,12H,3-6,9H2,1-2H3. The van der Waals surface area contributed by atoms with Gasteiger partial charge in [-0.25, -0.2) is 4.98 Å². The molecule has 0 aliphatic carbocycles. The highest BCUT2D eigenvalue weighted by Gasteiger charge is 2.20. The van der Waals surface area contributed by atoms with E-state index in [4.69, 9.17) is 0 Å². The minimum absolute atomic E-state index is 0.662. The Kier molecular flexibility index (Phi) is 3.77. The van der Waals surface area contributed by atoms with E-state index >= 15 is 0 Å². The second-order valence-corrected chi connectivity index (χ2v) is 4.89. The summed E-state index contributed by atoms with van der Waals surface area (Å²) in [6.45, 7) is 6.48. The SMILES string of the molecule is CCC1CCCN(c2ncc(C=O)cc2C)C1. The predicted octanol–water partition coefficient (Wildman–Crippen LogP) is 2.83. The normalized spacial score (nSPS) is 20.4. The number of hydrogen-bond acceptors (Lipinski definition) is 3. The fourth-order valence-corrected chi connectivity index (χ4v) is 2.58. The molecular formula is C14H20N2O. The number of anilines is 1. The van der Waals surface area contributed by atoms with Crippen LogP contribution in [0.15, 0.2) is 12.3 Å². The van der Waals surface area contributed by atoms with Crippen LogP contribution < -0.4 is 4.90 Å². The zero-order valence-electron chi connectivity index (χ0n) is 10.6. The number of pyridine rings is 1. The first-order valence-corrected chi connectivity index (χ1v) is 6.41. The maximum Gasteiger partial charge on any atom is 0.151 e. The average Bonchev–Trinajstić information content (AvgIpc) is 2.38. The fraction of sp³-hybridized carbons (Fsp3) is 0.571. The van der Waals surface area contributed by atoms with Crippen LogP contribution in [0.5, 0.6) is 0 Å². The van der Waals surface area contributed by atoms with Crippen molar-refractivity contribution in [3.05, 3.63) is 23.4 Å². The molecule has 0 saturated carbocycles. The van der Waals surface area contributed by atoms with Crippen LogP contribution in [0.2, 0.25) is 0 Å². The third-order valence-electron chi connectivity index (χ3n) is 3.60. The van der Waals surface area contributed by atoms with E-state index in [0.29, 0.717) is 5.56 Å². The first-order chi connectivity index (χ1) is 8.24. The summed E-state index contributed by atoms with van der Waals surface area (Å²) < 4.78 is 0. The van der Waals surface area contributed by atoms with Crippen molar-refractivity contribution in [2.75, 3.05) is 18.0 Å². The van der Waals surface area contributed by atoms with Crippen molar-refractivity contribution in [3.63, 3.8) is 0 Å². The van der Waals surface area contributed by atoms with Crippen molar-refractivity contribution >= 4 is 12.1 Å². The van der Waals surface area contributed by atoms with Gasteiger partial charge in [-0.2, -0.15) is 0 Å². The van der Waals surface area contributed by atoms with E-state index in [1.807, 2.05) is 13.0 Å². The zero-order valence-corrected chi connectivity index (χ0v) is 10.6. The predicted molar refractivity (Wildman–Crippen MR) is 69.6 cm³/mol. The van der Waals surface area contributed by atoms with Crippen molar-refractivity contribution in [1.82, 2.24) is 4.98 Å². The fourth-order valence-electron chi connectivity index (χ4n) is 2.58. The summed E-state index contributed by atoms with van der Waals surface area (Å²) in [5, 5.41) is 0. The number of aromatic nitrogens is 1. The maximum absolute atomic E-state index is 10.7. The van der Waals surface area contributed by atoms with Gasteiger partial charge >= 0.3 is 0 Å². The Morgan fingerprint density at radius 1 is 1.59 bits per heavy atom. The van der Waals surface area contributed by atoms with Gasteiger partial charge in [0.15, 0.2) is 6.29 Å². The highest BCUT2D eigenvalue weighted by molar-refractivity contribution is 5.75. The first kappa shape index (κ1) is 12.1. The third-order valence-corrected chi connectivity index (χ3v) is 3.60. The molecule has 1 aromatic heterocycles. The largest absolute Gasteiger partial charge is 0.356 e. The van der Waals surface area contributed by atoms with Crippen LogP contribution in [0.25, 0.3) is 0 Å². The highest BCUT2D eigenvalue weighted by atomic mass is 16.1. The van der Waals surface area contributed by atoms with Crippen LogP contribution in [0.3, 0.4) is 0 Å². The number of carbonyl (C=O) groups excluding carboxylic acids is 1. The molecule has 1 unspecified atom stereocenters. The second kappa shape index (κ2) is 5.30. The summed E-state index contributed by atoms with van der Waals surface area (Å²) in [4.78, 5) is 17.5. The van der Waals surface area contributed by atoms with Gasteiger partial charge in [0.1, 0.15) is 5.82 Å². The average molecular weight is 232 g/mol. The second-order valence-electron chi connectivity index (χ2n) is 4.89. The lowest BCUT2D eigenvalue weighted by atomic mass is 9.95. The number of rotatable bonds is 3. The molecule has 2 heterocycles. The molecule has 1 aliphatic heterocycles. The van der Waals surface area contributed by atoms with E-state index in [1.165, 1.54) is 19.3 Å². The van der Waals surface area contributed by atoms with Crippen molar-refractivity contribution in [2.24, 2.45) is 5.92 Å². The molecule has 17 heavy (non-hydrogen) atoms. The Bertz CT molecular complexity index is 403. The molecule has 1 aliphatic rings. The van der Waals surface area contributed by atoms with Crippen molar-refractivity contribution in [2.45, 2.75) is 33.1 Å². The van der Waals surface area contributed by atoms with E-state index in [0.717, 1.165) is 36.7 Å². The van der Waals surface area contributed by atoms with E-state index in [-0.39, 0.29) is 0 Å². The maximum atomic E-state index is 10.7. The molecule has 0 bridgehead atoms. The molecule has 0 N–H and O–H groups in total. The van der Waals surface area contributed by atoms with Crippen LogP contribution in [0, 0.1) is 12.8 Å². The number of nitrogens with zero attached hydrogens (tertiary/aromatic N) is 2. The summed E-state index contributed by atoms with van der Waals surface area (Å²) in [6.07, 6.45) is 6.34. The Labute approximate surface area is 103 Å². The van der Waals surface area contributed by atoms with Gasteiger partial charge < -0.3 is 4.90 Å². The topological polar surface area (TPSA) is 33.2 Å². The van der Waals surface area contributed by atoms with Crippen molar-refractivity contribution in [3.8, 4) is 0 Å². The molecule has 0 amide bonds. The number of hydrogen-bond donors (Lipinski definition) is 0. The smallest absolute Gasteiger partial charge is 0.151 e. The van der Waals surface area contributed by atoms with E-state index < -0.39 is 0 Å². The van der Waals surface area contributed by atoms with Crippen molar-refractivity contribution < 1.29 is 4.79 Å². The summed E-state index contributed by atoms with van der Waals surface area (Å²) >= 11 is 0. The van der Waals surface area contributed by atoms with Gasteiger partial charge in [0, 0.05) is 24.8 Å². The monoisotopic (exact) mass is 232 g/mol. The van der Waals surface area contributed by atoms with Crippen LogP contribution in [-0.4, -0.2) is 24.4 Å². The van der Waals surface area contributed by atoms with E-state index in [1.54, 1.807) is 6.20 Å². The van der Waals surface area contributed by atoms with Crippen LogP contribution >= 0.6 is 0 Å². The Morgan fingerprint density at radius 2 is 2.41 bits per heavy atom. The van der Waals surface area contributed by atoms with Gasteiger partial charge in [-0.05, 0) is 37.3 Å². The molecule has 3 nitrogen and oxygen atoms in total. The first-order valence-electron chi connectivity index (χ1n) is 6.41. The van der Waals surface area contributed by atoms with Crippen LogP contribution in [0.4, 0.5) is 5.82 Å². The Morgan fingerprint density at radius 3 is 3.06 bits per heavy atom. The summed E-state index contributed by atoms with van der Waals surface area (Å²) in [7, 11) is 0. The van der Waals surface area contributed by atoms with Gasteiger partial charge in [-0.15, -0.1) is 0 Å². The molecule has 3 heteroatoms. The Balaban J connectivity index is 2.18. The number of aryl methyl sites for hydroxylation is 1. The van der Waals surface area contributed by atoms with E-state index in [9.17, 15) is 4.79 Å². The Hall–Kier alpha value is -1.38. The van der Waals surface area contributed by atoms with Crippen molar-refractivity contribution in [1.29, 1.82) is 0 Å². The van der Waals surface area contributed by atoms with Gasteiger partial charge in [-0.1, -0.05) is 13.3 Å². The minimum atomic E-state index is 0.662. The molecule has 0 radical (unpaired) electrons. The molecule has 92 valence electrons. The van der Waals surface area contributed by atoms with Gasteiger partial charge in [0.25, 0.3) is 0 Å².